The van der Waals surface area contributed by atoms with Gasteiger partial charge in [0.25, 0.3) is 5.91 Å². The Morgan fingerprint density at radius 3 is 2.36 bits per heavy atom. The van der Waals surface area contributed by atoms with Crippen molar-refractivity contribution in [1.29, 1.82) is 0 Å². The standard InChI is InChI=1S/C29H27FN4O2/c30-25-9-11-27(12-10-25)36-29-31-18-24(19-32-29)22-7-4-8-23(17-22)28(35)33-26-13-15-34(16-14-26)20-21-5-2-1-3-6-21/h1-12,17-19,26H,13-16,20H2,(H,33,35). The quantitative estimate of drug-likeness (QED) is 0.378. The highest BCUT2D eigenvalue weighted by Crippen LogP contribution is 2.23. The first-order chi connectivity index (χ1) is 17.6. The van der Waals surface area contributed by atoms with Crippen LogP contribution >= 0.6 is 0 Å². The number of halogens is 1. The first-order valence-corrected chi connectivity index (χ1v) is 12.1. The van der Waals surface area contributed by atoms with Crippen molar-refractivity contribution in [2.24, 2.45) is 0 Å². The highest BCUT2D eigenvalue weighted by Gasteiger charge is 2.21. The van der Waals surface area contributed by atoms with Gasteiger partial charge in [-0.1, -0.05) is 42.5 Å². The number of hydrogen-bond donors (Lipinski definition) is 1. The number of nitrogens with zero attached hydrogens (tertiary/aromatic N) is 3. The Morgan fingerprint density at radius 1 is 0.917 bits per heavy atom. The molecule has 1 aromatic heterocycles. The monoisotopic (exact) mass is 482 g/mol. The molecule has 0 bridgehead atoms. The summed E-state index contributed by atoms with van der Waals surface area (Å²) in [5.41, 5.74) is 3.53. The molecule has 4 aromatic rings. The third kappa shape index (κ3) is 6.12. The van der Waals surface area contributed by atoms with Crippen LogP contribution in [0.25, 0.3) is 11.1 Å². The molecule has 36 heavy (non-hydrogen) atoms. The topological polar surface area (TPSA) is 67.4 Å². The van der Waals surface area contributed by atoms with E-state index in [1.54, 1.807) is 12.4 Å². The molecule has 1 N–H and O–H groups in total. The van der Waals surface area contributed by atoms with Crippen molar-refractivity contribution in [2.45, 2.75) is 25.4 Å². The number of carbonyl (C=O) groups is 1. The minimum Gasteiger partial charge on any atom is -0.424 e. The highest BCUT2D eigenvalue weighted by molar-refractivity contribution is 5.95. The Labute approximate surface area is 209 Å². The van der Waals surface area contributed by atoms with Crippen molar-refractivity contribution in [3.63, 3.8) is 0 Å². The fraction of sp³-hybridized carbons (Fsp3) is 0.207. The Balaban J connectivity index is 1.16. The minimum atomic E-state index is -0.337. The minimum absolute atomic E-state index is 0.0736. The molecule has 182 valence electrons. The van der Waals surface area contributed by atoms with Crippen molar-refractivity contribution >= 4 is 5.91 Å². The van der Waals surface area contributed by atoms with E-state index in [-0.39, 0.29) is 23.8 Å². The maximum atomic E-state index is 13.1. The molecule has 7 heteroatoms. The number of aromatic nitrogens is 2. The molecule has 1 aliphatic rings. The van der Waals surface area contributed by atoms with Gasteiger partial charge in [-0.25, -0.2) is 14.4 Å². The lowest BCUT2D eigenvalue weighted by Gasteiger charge is -2.32. The lowest BCUT2D eigenvalue weighted by Crippen LogP contribution is -2.44. The summed E-state index contributed by atoms with van der Waals surface area (Å²) in [6, 6.07) is 23.9. The number of ether oxygens (including phenoxy) is 1. The zero-order valence-electron chi connectivity index (χ0n) is 19.8. The smallest absolute Gasteiger partial charge is 0.321 e. The van der Waals surface area contributed by atoms with Crippen molar-refractivity contribution < 1.29 is 13.9 Å². The summed E-state index contributed by atoms with van der Waals surface area (Å²) < 4.78 is 18.6. The third-order valence-electron chi connectivity index (χ3n) is 6.28. The van der Waals surface area contributed by atoms with Gasteiger partial charge in [0.2, 0.25) is 0 Å². The molecular weight excluding hydrogens is 455 g/mol. The molecule has 1 amide bonds. The van der Waals surface area contributed by atoms with E-state index < -0.39 is 0 Å². The summed E-state index contributed by atoms with van der Waals surface area (Å²) in [6.45, 7) is 2.87. The SMILES string of the molecule is O=C(NC1CCN(Cc2ccccc2)CC1)c1cccc(-c2cnc(Oc3ccc(F)cc3)nc2)c1. The van der Waals surface area contributed by atoms with Crippen LogP contribution in [0.3, 0.4) is 0 Å². The van der Waals surface area contributed by atoms with E-state index in [4.69, 9.17) is 4.74 Å². The van der Waals surface area contributed by atoms with Gasteiger partial charge in [-0.05, 0) is 60.4 Å². The Bertz CT molecular complexity index is 1290. The van der Waals surface area contributed by atoms with E-state index in [1.165, 1.54) is 29.8 Å². The summed E-state index contributed by atoms with van der Waals surface area (Å²) in [5.74, 6) is 0.0420. The second-order valence-electron chi connectivity index (χ2n) is 8.90. The van der Waals surface area contributed by atoms with E-state index in [1.807, 2.05) is 30.3 Å². The normalized spacial score (nSPS) is 14.4. The van der Waals surface area contributed by atoms with Crippen LogP contribution in [0.4, 0.5) is 4.39 Å². The van der Waals surface area contributed by atoms with E-state index in [0.29, 0.717) is 11.3 Å². The molecule has 5 rings (SSSR count). The Morgan fingerprint density at radius 2 is 1.64 bits per heavy atom. The number of rotatable bonds is 7. The van der Waals surface area contributed by atoms with Gasteiger partial charge in [-0.3, -0.25) is 9.69 Å². The highest BCUT2D eigenvalue weighted by atomic mass is 19.1. The maximum absolute atomic E-state index is 13.1. The van der Waals surface area contributed by atoms with Crippen LogP contribution in [0.15, 0.2) is 91.3 Å². The summed E-state index contributed by atoms with van der Waals surface area (Å²) in [5, 5.41) is 3.20. The van der Waals surface area contributed by atoms with Crippen LogP contribution in [0.5, 0.6) is 11.8 Å². The fourth-order valence-corrected chi connectivity index (χ4v) is 4.31. The van der Waals surface area contributed by atoms with Crippen molar-refractivity contribution in [2.75, 3.05) is 13.1 Å². The molecule has 0 radical (unpaired) electrons. The van der Waals surface area contributed by atoms with Crippen LogP contribution in [-0.4, -0.2) is 39.9 Å². The lowest BCUT2D eigenvalue weighted by atomic mass is 10.0. The summed E-state index contributed by atoms with van der Waals surface area (Å²) in [6.07, 6.45) is 5.15. The number of carbonyl (C=O) groups excluding carboxylic acids is 1. The molecular formula is C29H27FN4O2. The maximum Gasteiger partial charge on any atom is 0.321 e. The third-order valence-corrected chi connectivity index (χ3v) is 6.28. The molecule has 0 atom stereocenters. The summed E-state index contributed by atoms with van der Waals surface area (Å²) in [4.78, 5) is 23.9. The molecule has 6 nitrogen and oxygen atoms in total. The second-order valence-corrected chi connectivity index (χ2v) is 8.90. The van der Waals surface area contributed by atoms with Crippen molar-refractivity contribution in [1.82, 2.24) is 20.2 Å². The summed E-state index contributed by atoms with van der Waals surface area (Å²) >= 11 is 0. The van der Waals surface area contributed by atoms with Gasteiger partial charge >= 0.3 is 6.01 Å². The Kier molecular flexibility index (Phi) is 7.28. The molecule has 1 saturated heterocycles. The van der Waals surface area contributed by atoms with Crippen LogP contribution in [0, 0.1) is 5.82 Å². The van der Waals surface area contributed by atoms with Crippen LogP contribution in [0.1, 0.15) is 28.8 Å². The van der Waals surface area contributed by atoms with Gasteiger partial charge in [-0.15, -0.1) is 0 Å². The van der Waals surface area contributed by atoms with Gasteiger partial charge in [-0.2, -0.15) is 0 Å². The van der Waals surface area contributed by atoms with E-state index in [9.17, 15) is 9.18 Å². The van der Waals surface area contributed by atoms with Crippen molar-refractivity contribution in [3.05, 3.63) is 108 Å². The average Bonchev–Trinajstić information content (AvgIpc) is 2.92. The molecule has 3 aromatic carbocycles. The molecule has 0 saturated carbocycles. The van der Waals surface area contributed by atoms with Crippen molar-refractivity contribution in [3.8, 4) is 22.9 Å². The van der Waals surface area contributed by atoms with Gasteiger partial charge in [0.05, 0.1) is 0 Å². The average molecular weight is 483 g/mol. The van der Waals surface area contributed by atoms with Gasteiger partial charge in [0.1, 0.15) is 11.6 Å². The van der Waals surface area contributed by atoms with E-state index >= 15 is 0 Å². The molecule has 0 spiro atoms. The van der Waals surface area contributed by atoms with Gasteiger partial charge in [0, 0.05) is 49.2 Å². The van der Waals surface area contributed by atoms with Gasteiger partial charge in [0.15, 0.2) is 0 Å². The van der Waals surface area contributed by atoms with Gasteiger partial charge < -0.3 is 10.1 Å². The second kappa shape index (κ2) is 11.1. The lowest BCUT2D eigenvalue weighted by molar-refractivity contribution is 0.0909. The zero-order chi connectivity index (χ0) is 24.7. The Hall–Kier alpha value is -4.10. The fourth-order valence-electron chi connectivity index (χ4n) is 4.31. The van der Waals surface area contributed by atoms with E-state index in [0.717, 1.165) is 43.6 Å². The predicted molar refractivity (Wildman–Crippen MR) is 136 cm³/mol. The molecule has 1 fully saturated rings. The number of piperidine rings is 1. The predicted octanol–water partition coefficient (Wildman–Crippen LogP) is 5.47. The number of benzene rings is 3. The zero-order valence-corrected chi connectivity index (χ0v) is 19.8. The van der Waals surface area contributed by atoms with Crippen LogP contribution in [-0.2, 0) is 6.54 Å². The van der Waals surface area contributed by atoms with E-state index in [2.05, 4.69) is 44.5 Å². The first kappa shape index (κ1) is 23.6. The molecule has 1 aliphatic heterocycles. The first-order valence-electron chi connectivity index (χ1n) is 12.1. The summed E-state index contributed by atoms with van der Waals surface area (Å²) in [7, 11) is 0. The number of nitrogens with one attached hydrogen (secondary N) is 1. The number of hydrogen-bond acceptors (Lipinski definition) is 5. The van der Waals surface area contributed by atoms with Crippen LogP contribution in [0.2, 0.25) is 0 Å². The van der Waals surface area contributed by atoms with Crippen LogP contribution < -0.4 is 10.1 Å². The molecule has 0 aliphatic carbocycles. The molecule has 0 unspecified atom stereocenters. The number of amides is 1. The largest absolute Gasteiger partial charge is 0.424 e. The number of likely N-dealkylation sites (tertiary alicyclic amines) is 1. The molecule has 2 heterocycles.